The van der Waals surface area contributed by atoms with Crippen LogP contribution in [-0.4, -0.2) is 86.6 Å². The number of carboxylic acid groups (broad SMARTS) is 1. The monoisotopic (exact) mass is 503 g/mol. The largest absolute Gasteiger partial charge is 0.480 e. The third kappa shape index (κ3) is 10.1. The summed E-state index contributed by atoms with van der Waals surface area (Å²) in [6.07, 6.45) is 4.45. The minimum Gasteiger partial charge on any atom is -0.480 e. The summed E-state index contributed by atoms with van der Waals surface area (Å²) in [4.78, 5) is 67.0. The highest BCUT2D eigenvalue weighted by atomic mass is 32.2. The number of H-pyrrole nitrogens is 1. The third-order valence-electron chi connectivity index (χ3n) is 4.41. The number of rotatable bonds is 15. The van der Waals surface area contributed by atoms with Crippen molar-refractivity contribution in [1.29, 1.82) is 0 Å². The summed E-state index contributed by atoms with van der Waals surface area (Å²) >= 11 is 5.45. The summed E-state index contributed by atoms with van der Waals surface area (Å²) in [6, 6.07) is -4.82. The van der Waals surface area contributed by atoms with Crippen LogP contribution in [0.5, 0.6) is 0 Å². The first kappa shape index (κ1) is 28.3. The lowest BCUT2D eigenvalue weighted by atomic mass is 10.1. The van der Waals surface area contributed by atoms with Crippen LogP contribution in [0.3, 0.4) is 0 Å². The number of nitrogens with one attached hydrogen (secondary N) is 4. The van der Waals surface area contributed by atoms with Crippen LogP contribution in [0.1, 0.15) is 18.5 Å². The Morgan fingerprint density at radius 3 is 2.24 bits per heavy atom. The second kappa shape index (κ2) is 14.4. The zero-order chi connectivity index (χ0) is 25.0. The fourth-order valence-electron chi connectivity index (χ4n) is 2.65. The van der Waals surface area contributed by atoms with E-state index < -0.39 is 60.2 Å². The maximum Gasteiger partial charge on any atom is 0.326 e. The Kier molecular flexibility index (Phi) is 12.3. The molecule has 0 saturated heterocycles. The highest BCUT2D eigenvalue weighted by molar-refractivity contribution is 7.98. The molecule has 0 aliphatic carbocycles. The zero-order valence-electron chi connectivity index (χ0n) is 17.9. The SMILES string of the molecule is CSCCC(NC(=O)C(CS)NC(=O)C(CC(N)=O)NC(=O)C(N)Cc1cnc[nH]1)C(=O)O. The molecule has 0 aliphatic rings. The Hall–Kier alpha value is -2.78. The first-order valence-corrected chi connectivity index (χ1v) is 11.9. The minimum absolute atomic E-state index is 0.102. The van der Waals surface area contributed by atoms with E-state index in [0.29, 0.717) is 11.4 Å². The average molecular weight is 504 g/mol. The van der Waals surface area contributed by atoms with Crippen LogP contribution in [0.15, 0.2) is 12.5 Å². The molecule has 1 aromatic rings. The standard InChI is InChI=1S/C18H29N7O6S2/c1-33-3-2-11(18(30)31)23-17(29)13(7-32)25-16(28)12(5-14(20)26)24-15(27)10(19)4-9-6-21-8-22-9/h6,8,10-13,32H,2-5,7,19H2,1H3,(H2,20,26)(H,21,22)(H,23,29)(H,24,27)(H,25,28)(H,30,31). The van der Waals surface area contributed by atoms with Gasteiger partial charge in [0.05, 0.1) is 18.8 Å². The van der Waals surface area contributed by atoms with Crippen LogP contribution in [0, 0.1) is 0 Å². The lowest BCUT2D eigenvalue weighted by molar-refractivity contribution is -0.142. The number of primary amides is 1. The minimum atomic E-state index is -1.40. The molecule has 15 heteroatoms. The number of aromatic nitrogens is 2. The first-order valence-electron chi connectivity index (χ1n) is 9.83. The first-order chi connectivity index (χ1) is 15.6. The van der Waals surface area contributed by atoms with E-state index in [1.165, 1.54) is 24.3 Å². The predicted molar refractivity (Wildman–Crippen MR) is 124 cm³/mol. The Morgan fingerprint density at radius 1 is 1.12 bits per heavy atom. The lowest BCUT2D eigenvalue weighted by Crippen LogP contribution is -2.58. The Bertz CT molecular complexity index is 823. The van der Waals surface area contributed by atoms with Crippen molar-refractivity contribution >= 4 is 54.0 Å². The van der Waals surface area contributed by atoms with Crippen molar-refractivity contribution in [2.45, 2.75) is 43.4 Å². The molecule has 13 nitrogen and oxygen atoms in total. The molecule has 1 aromatic heterocycles. The number of thioether (sulfide) groups is 1. The number of imidazole rings is 1. The molecule has 4 atom stereocenters. The summed E-state index contributed by atoms with van der Waals surface area (Å²) in [5.41, 5.74) is 11.6. The second-order valence-corrected chi connectivity index (χ2v) is 8.39. The molecule has 0 radical (unpaired) electrons. The van der Waals surface area contributed by atoms with E-state index in [-0.39, 0.29) is 18.6 Å². The van der Waals surface area contributed by atoms with Crippen molar-refractivity contribution in [3.63, 3.8) is 0 Å². The molecule has 1 heterocycles. The molecule has 33 heavy (non-hydrogen) atoms. The van der Waals surface area contributed by atoms with Gasteiger partial charge in [-0.25, -0.2) is 9.78 Å². The lowest BCUT2D eigenvalue weighted by Gasteiger charge is -2.24. The maximum atomic E-state index is 12.7. The molecule has 0 bridgehead atoms. The van der Waals surface area contributed by atoms with Gasteiger partial charge in [0.1, 0.15) is 18.1 Å². The van der Waals surface area contributed by atoms with E-state index in [1.54, 1.807) is 6.26 Å². The number of nitrogens with two attached hydrogens (primary N) is 2. The van der Waals surface area contributed by atoms with E-state index >= 15 is 0 Å². The molecular weight excluding hydrogens is 474 g/mol. The number of aliphatic carboxylic acids is 1. The van der Waals surface area contributed by atoms with Gasteiger partial charge in [-0.15, -0.1) is 0 Å². The molecule has 4 unspecified atom stereocenters. The van der Waals surface area contributed by atoms with E-state index in [0.717, 1.165) is 0 Å². The second-order valence-electron chi connectivity index (χ2n) is 7.04. The third-order valence-corrected chi connectivity index (χ3v) is 5.42. The van der Waals surface area contributed by atoms with Gasteiger partial charge in [-0.1, -0.05) is 0 Å². The van der Waals surface area contributed by atoms with Crippen LogP contribution >= 0.6 is 24.4 Å². The topological polar surface area (TPSA) is 222 Å². The molecule has 0 fully saturated rings. The van der Waals surface area contributed by atoms with Crippen molar-refractivity contribution in [1.82, 2.24) is 25.9 Å². The smallest absolute Gasteiger partial charge is 0.326 e. The van der Waals surface area contributed by atoms with E-state index in [4.69, 9.17) is 11.5 Å². The highest BCUT2D eigenvalue weighted by Crippen LogP contribution is 2.03. The molecule has 184 valence electrons. The van der Waals surface area contributed by atoms with E-state index in [2.05, 4.69) is 38.5 Å². The van der Waals surface area contributed by atoms with Crippen molar-refractivity contribution in [3.05, 3.63) is 18.2 Å². The van der Waals surface area contributed by atoms with Crippen molar-refractivity contribution in [2.24, 2.45) is 11.5 Å². The number of nitrogens with zero attached hydrogens (tertiary/aromatic N) is 1. The Labute approximate surface area is 200 Å². The van der Waals surface area contributed by atoms with Gasteiger partial charge in [-0.2, -0.15) is 24.4 Å². The van der Waals surface area contributed by atoms with Crippen LogP contribution in [0.25, 0.3) is 0 Å². The number of aromatic amines is 1. The molecule has 0 aliphatic heterocycles. The number of carboxylic acids is 1. The molecule has 0 saturated carbocycles. The molecule has 0 spiro atoms. The summed E-state index contributed by atoms with van der Waals surface area (Å²) in [5, 5.41) is 16.3. The van der Waals surface area contributed by atoms with Gasteiger partial charge in [-0.3, -0.25) is 19.2 Å². The number of hydrogen-bond acceptors (Lipinski definition) is 9. The number of hydrogen-bond donors (Lipinski definition) is 8. The number of carbonyl (C=O) groups is 5. The number of carbonyl (C=O) groups excluding carboxylic acids is 4. The number of thiol groups is 1. The van der Waals surface area contributed by atoms with Gasteiger partial charge in [0.25, 0.3) is 0 Å². The molecule has 4 amide bonds. The predicted octanol–water partition coefficient (Wildman–Crippen LogP) is -2.62. The molecular formula is C18H29N7O6S2. The summed E-state index contributed by atoms with van der Waals surface area (Å²) < 4.78 is 0. The van der Waals surface area contributed by atoms with Crippen molar-refractivity contribution in [3.8, 4) is 0 Å². The van der Waals surface area contributed by atoms with Crippen LogP contribution in [0.4, 0.5) is 0 Å². The molecule has 0 aromatic carbocycles. The van der Waals surface area contributed by atoms with Crippen molar-refractivity contribution < 1.29 is 29.1 Å². The van der Waals surface area contributed by atoms with Gasteiger partial charge >= 0.3 is 5.97 Å². The summed E-state index contributed by atoms with van der Waals surface area (Å²) in [6.45, 7) is 0. The average Bonchev–Trinajstić information content (AvgIpc) is 3.26. The number of amides is 4. The van der Waals surface area contributed by atoms with Gasteiger partial charge in [0, 0.05) is 24.1 Å². The maximum absolute atomic E-state index is 12.7. The van der Waals surface area contributed by atoms with Crippen LogP contribution in [-0.2, 0) is 30.4 Å². The zero-order valence-corrected chi connectivity index (χ0v) is 19.7. The van der Waals surface area contributed by atoms with Gasteiger partial charge in [0.15, 0.2) is 0 Å². The quantitative estimate of drug-likeness (QED) is 0.117. The highest BCUT2D eigenvalue weighted by Gasteiger charge is 2.30. The van der Waals surface area contributed by atoms with E-state index in [1.807, 2.05) is 0 Å². The Morgan fingerprint density at radius 2 is 1.73 bits per heavy atom. The Balaban J connectivity index is 2.81. The fraction of sp³-hybridized carbons (Fsp3) is 0.556. The van der Waals surface area contributed by atoms with Crippen LogP contribution in [0.2, 0.25) is 0 Å². The summed E-state index contributed by atoms with van der Waals surface area (Å²) in [7, 11) is 0. The van der Waals surface area contributed by atoms with Crippen LogP contribution < -0.4 is 27.4 Å². The van der Waals surface area contributed by atoms with Crippen molar-refractivity contribution in [2.75, 3.05) is 17.8 Å². The van der Waals surface area contributed by atoms with Gasteiger partial charge < -0.3 is 37.5 Å². The molecule has 1 rings (SSSR count). The normalized spacial score (nSPS) is 14.4. The fourth-order valence-corrected chi connectivity index (χ4v) is 3.38. The van der Waals surface area contributed by atoms with E-state index in [9.17, 15) is 29.1 Å². The molecule has 9 N–H and O–H groups in total. The van der Waals surface area contributed by atoms with Gasteiger partial charge in [0.2, 0.25) is 23.6 Å². The summed E-state index contributed by atoms with van der Waals surface area (Å²) in [5.74, 6) is -4.11. The van der Waals surface area contributed by atoms with Gasteiger partial charge in [-0.05, 0) is 18.4 Å².